The van der Waals surface area contributed by atoms with E-state index in [1.165, 1.54) is 12.1 Å². The number of benzene rings is 2. The topological polar surface area (TPSA) is 48.1 Å². The van der Waals surface area contributed by atoms with Crippen molar-refractivity contribution in [1.29, 1.82) is 0 Å². The number of halogens is 4. The first kappa shape index (κ1) is 20.5. The molecule has 0 radical (unpaired) electrons. The van der Waals surface area contributed by atoms with Crippen molar-refractivity contribution in [2.45, 2.75) is 6.18 Å². The van der Waals surface area contributed by atoms with E-state index in [2.05, 4.69) is 17.7 Å². The van der Waals surface area contributed by atoms with Gasteiger partial charge in [-0.3, -0.25) is 0 Å². The monoisotopic (exact) mass is 520 g/mol. The molecule has 0 aliphatic carbocycles. The zero-order chi connectivity index (χ0) is 19.2. The number of nitrogens with two attached hydrogens (primary N) is 1. The Bertz CT molecular complexity index is 840. The molecule has 3 rings (SSSR count). The zero-order valence-corrected chi connectivity index (χ0v) is 16.2. The van der Waals surface area contributed by atoms with Crippen molar-refractivity contribution in [1.82, 2.24) is 4.98 Å². The molecule has 0 aliphatic rings. The summed E-state index contributed by atoms with van der Waals surface area (Å²) >= 11 is 5.87. The van der Waals surface area contributed by atoms with Crippen molar-refractivity contribution in [2.24, 2.45) is 0 Å². The van der Waals surface area contributed by atoms with Gasteiger partial charge in [-0.15, -0.1) is 0 Å². The van der Waals surface area contributed by atoms with E-state index in [1.807, 2.05) is 18.2 Å². The molecule has 0 saturated carbocycles. The number of nitrogen functional groups attached to an aromatic ring is 1. The predicted octanol–water partition coefficient (Wildman–Crippen LogP) is 6.03. The summed E-state index contributed by atoms with van der Waals surface area (Å²) in [6.45, 7) is 0. The van der Waals surface area contributed by atoms with Gasteiger partial charge >= 0.3 is 39.3 Å². The number of alkyl halides is 3. The summed E-state index contributed by atoms with van der Waals surface area (Å²) in [6.07, 6.45) is -2.75. The third kappa shape index (κ3) is 5.36. The molecule has 3 nitrogen and oxygen atoms in total. The molecule has 140 valence electrons. The number of nitrogens with zero attached hydrogens (tertiary/aromatic N) is 1. The number of anilines is 1. The van der Waals surface area contributed by atoms with Crippen LogP contribution in [0.4, 0.5) is 19.0 Å². The summed E-state index contributed by atoms with van der Waals surface area (Å²) in [5.41, 5.74) is 6.80. The van der Waals surface area contributed by atoms with Crippen LogP contribution in [0, 0.1) is 0 Å². The van der Waals surface area contributed by atoms with Crippen LogP contribution in [0.1, 0.15) is 5.56 Å². The molecule has 0 bridgehead atoms. The number of ether oxygens (including phenoxy) is 1. The van der Waals surface area contributed by atoms with E-state index >= 15 is 0 Å². The van der Waals surface area contributed by atoms with Gasteiger partial charge in [-0.25, -0.2) is 4.98 Å². The SMILES string of the molecule is Nc1ncccc1-c1ccc(Oc2ccc(C(F)(F)F)cc2)cc1.[Cu][I]. The fourth-order valence-electron chi connectivity index (χ4n) is 2.21. The Labute approximate surface area is 168 Å². The van der Waals surface area contributed by atoms with Crippen molar-refractivity contribution in [3.05, 3.63) is 72.4 Å². The zero-order valence-electron chi connectivity index (χ0n) is 13.1. The maximum absolute atomic E-state index is 12.5. The molecule has 2 N–H and O–H groups in total. The molecule has 1 heterocycles. The normalized spacial score (nSPS) is 10.7. The van der Waals surface area contributed by atoms with Gasteiger partial charge in [-0.05, 0) is 54.1 Å². The van der Waals surface area contributed by atoms with Gasteiger partial charge in [0.1, 0.15) is 17.3 Å². The molecular formula is C18H13CuF3IN2O. The van der Waals surface area contributed by atoms with Crippen LogP contribution in [0.2, 0.25) is 0 Å². The van der Waals surface area contributed by atoms with E-state index in [1.54, 1.807) is 44.7 Å². The Balaban J connectivity index is 0.00000117. The fraction of sp³-hybridized carbons (Fsp3) is 0.0556. The van der Waals surface area contributed by atoms with E-state index in [0.29, 0.717) is 17.3 Å². The Kier molecular flexibility index (Phi) is 7.31. The van der Waals surface area contributed by atoms with Gasteiger partial charge in [0, 0.05) is 11.8 Å². The summed E-state index contributed by atoms with van der Waals surface area (Å²) < 4.78 is 43.1. The van der Waals surface area contributed by atoms with Gasteiger partial charge in [0.25, 0.3) is 0 Å². The van der Waals surface area contributed by atoms with E-state index in [9.17, 15) is 13.2 Å². The molecule has 0 atom stereocenters. The van der Waals surface area contributed by atoms with Gasteiger partial charge in [0.05, 0.1) is 5.56 Å². The standard InChI is InChI=1S/C18H13F3N2O.Cu.HI/c19-18(20,21)13-5-9-15(10-6-13)24-14-7-3-12(4-8-14)16-2-1-11-23-17(16)22;;/h1-11H,(H2,22,23);;1H/q;+1;/p-1. The number of rotatable bonds is 3. The third-order valence-electron chi connectivity index (χ3n) is 3.42. The molecule has 0 unspecified atom stereocenters. The van der Waals surface area contributed by atoms with Crippen molar-refractivity contribution in [3.8, 4) is 22.6 Å². The molecule has 8 heteroatoms. The second-order valence-corrected chi connectivity index (χ2v) is 5.08. The number of hydrogen-bond acceptors (Lipinski definition) is 3. The van der Waals surface area contributed by atoms with Gasteiger partial charge in [-0.1, -0.05) is 12.1 Å². The number of pyridine rings is 1. The van der Waals surface area contributed by atoms with E-state index in [4.69, 9.17) is 10.5 Å². The first-order valence-electron chi connectivity index (χ1n) is 7.21. The van der Waals surface area contributed by atoms with Crippen molar-refractivity contribution in [3.63, 3.8) is 0 Å². The van der Waals surface area contributed by atoms with Crippen LogP contribution in [0.5, 0.6) is 11.5 Å². The quantitative estimate of drug-likeness (QED) is 0.339. The summed E-state index contributed by atoms with van der Waals surface area (Å²) in [4.78, 5) is 4.03. The molecule has 0 spiro atoms. The van der Waals surface area contributed by atoms with E-state index < -0.39 is 11.7 Å². The van der Waals surface area contributed by atoms with Crippen LogP contribution in [0.3, 0.4) is 0 Å². The van der Waals surface area contributed by atoms with Crippen molar-refractivity contribution in [2.75, 3.05) is 5.73 Å². The number of aromatic nitrogens is 1. The van der Waals surface area contributed by atoms with Crippen LogP contribution in [-0.4, -0.2) is 4.98 Å². The average molecular weight is 521 g/mol. The second kappa shape index (κ2) is 9.25. The molecule has 26 heavy (non-hydrogen) atoms. The predicted molar refractivity (Wildman–Crippen MR) is 99.6 cm³/mol. The van der Waals surface area contributed by atoms with Gasteiger partial charge < -0.3 is 10.5 Å². The fourth-order valence-corrected chi connectivity index (χ4v) is 2.21. The van der Waals surface area contributed by atoms with Crippen molar-refractivity contribution >= 4 is 26.2 Å². The first-order chi connectivity index (χ1) is 12.4. The second-order valence-electron chi connectivity index (χ2n) is 5.08. The molecule has 0 saturated heterocycles. The summed E-state index contributed by atoms with van der Waals surface area (Å²) in [6, 6.07) is 15.3. The third-order valence-corrected chi connectivity index (χ3v) is 3.42. The summed E-state index contributed by atoms with van der Waals surface area (Å²) in [5, 5.41) is 0. The van der Waals surface area contributed by atoms with E-state index in [0.717, 1.165) is 23.3 Å². The first-order valence-corrected chi connectivity index (χ1v) is 10.2. The summed E-state index contributed by atoms with van der Waals surface area (Å²) in [7, 11) is 0. The maximum atomic E-state index is 12.5. The molecule has 0 fully saturated rings. The Morgan fingerprint density at radius 3 is 1.92 bits per heavy atom. The average Bonchev–Trinajstić information content (AvgIpc) is 2.64. The Morgan fingerprint density at radius 1 is 0.885 bits per heavy atom. The Hall–Kier alpha value is -1.77. The minimum atomic E-state index is -4.36. The van der Waals surface area contributed by atoms with Crippen molar-refractivity contribution < 1.29 is 30.7 Å². The molecular weight excluding hydrogens is 508 g/mol. The van der Waals surface area contributed by atoms with Crippen LogP contribution in [0.15, 0.2) is 66.9 Å². The molecule has 1 aromatic heterocycles. The Morgan fingerprint density at radius 2 is 1.42 bits per heavy atom. The molecule has 0 aliphatic heterocycles. The molecule has 2 aromatic carbocycles. The molecule has 0 amide bonds. The van der Waals surface area contributed by atoms with E-state index in [-0.39, 0.29) is 0 Å². The van der Waals surface area contributed by atoms with Gasteiger partial charge in [0.15, 0.2) is 0 Å². The van der Waals surface area contributed by atoms with Gasteiger partial charge in [-0.2, -0.15) is 13.2 Å². The van der Waals surface area contributed by atoms with Gasteiger partial charge in [0.2, 0.25) is 0 Å². The van der Waals surface area contributed by atoms with Crippen LogP contribution >= 0.6 is 20.3 Å². The minimum absolute atomic E-state index is 0.330. The van der Waals surface area contributed by atoms with Crippen LogP contribution in [-0.2, 0) is 18.9 Å². The molecule has 3 aromatic rings. The van der Waals surface area contributed by atoms with Crippen LogP contribution < -0.4 is 10.5 Å². The summed E-state index contributed by atoms with van der Waals surface area (Å²) in [5.74, 6) is 1.27. The van der Waals surface area contributed by atoms with Crippen LogP contribution in [0.25, 0.3) is 11.1 Å². The number of hydrogen-bond donors (Lipinski definition) is 1.